The number of hydrogen-bond acceptors (Lipinski definition) is 3. The van der Waals surface area contributed by atoms with Crippen LogP contribution in [0.3, 0.4) is 0 Å². The van der Waals surface area contributed by atoms with Gasteiger partial charge in [0.1, 0.15) is 11.4 Å². The number of nitrogens with zero attached hydrogens (tertiary/aromatic N) is 1. The number of amides is 1. The summed E-state index contributed by atoms with van der Waals surface area (Å²) in [4.78, 5) is 28.9. The summed E-state index contributed by atoms with van der Waals surface area (Å²) in [6.45, 7) is 0. The van der Waals surface area contributed by atoms with E-state index in [1.165, 1.54) is 42.5 Å². The van der Waals surface area contributed by atoms with E-state index in [1.54, 1.807) is 6.07 Å². The summed E-state index contributed by atoms with van der Waals surface area (Å²) in [7, 11) is 0. The normalized spacial score (nSPS) is 12.1. The number of carbonyl (C=O) groups is 2. The molecular formula is C24H13ClF6N2O3. The monoisotopic (exact) mass is 526 g/mol. The van der Waals surface area contributed by atoms with Gasteiger partial charge in [0.15, 0.2) is 0 Å². The van der Waals surface area contributed by atoms with Crippen LogP contribution in [0.5, 0.6) is 0 Å². The smallest absolute Gasteiger partial charge is 0.350 e. The Hall–Kier alpha value is -3.83. The third kappa shape index (κ3) is 4.67. The molecule has 2 N–H and O–H groups in total. The molecule has 4 rings (SSSR count). The van der Waals surface area contributed by atoms with Crippen LogP contribution in [-0.4, -0.2) is 21.9 Å². The number of ketones is 1. The molecule has 12 heteroatoms. The molecule has 0 spiro atoms. The van der Waals surface area contributed by atoms with Gasteiger partial charge in [0.25, 0.3) is 5.91 Å². The number of carbonyl (C=O) groups excluding carboxylic acids is 2. The fourth-order valence-electron chi connectivity index (χ4n) is 3.63. The van der Waals surface area contributed by atoms with E-state index < -0.39 is 52.1 Å². The first-order valence-corrected chi connectivity index (χ1v) is 10.4. The van der Waals surface area contributed by atoms with Crippen LogP contribution in [0.4, 0.5) is 32.0 Å². The topological polar surface area (TPSA) is 73.4 Å². The number of hydrogen-bond donors (Lipinski definition) is 2. The Balaban J connectivity index is 1.92. The van der Waals surface area contributed by atoms with E-state index in [9.17, 15) is 41.1 Å². The first kappa shape index (κ1) is 25.3. The second-order valence-electron chi connectivity index (χ2n) is 7.61. The quantitative estimate of drug-likeness (QED) is 0.129. The Morgan fingerprint density at radius 3 is 2.14 bits per heavy atom. The Kier molecular flexibility index (Phi) is 6.31. The van der Waals surface area contributed by atoms with Crippen molar-refractivity contribution in [3.63, 3.8) is 0 Å². The third-order valence-electron chi connectivity index (χ3n) is 5.28. The minimum absolute atomic E-state index is 0.00121. The molecule has 0 aliphatic carbocycles. The van der Waals surface area contributed by atoms with E-state index >= 15 is 0 Å². The molecule has 0 bridgehead atoms. The molecule has 1 heterocycles. The Morgan fingerprint density at radius 2 is 1.53 bits per heavy atom. The lowest BCUT2D eigenvalue weighted by Gasteiger charge is -2.20. The molecule has 1 aromatic heterocycles. The Bertz CT molecular complexity index is 1480. The number of aromatic amines is 1. The summed E-state index contributed by atoms with van der Waals surface area (Å²) >= 11 is 5.97. The molecule has 0 radical (unpaired) electrons. The largest absolute Gasteiger partial charge is 0.417 e. The van der Waals surface area contributed by atoms with Gasteiger partial charge in [-0.1, -0.05) is 41.9 Å². The Labute approximate surface area is 203 Å². The molecule has 0 aliphatic heterocycles. The van der Waals surface area contributed by atoms with E-state index in [-0.39, 0.29) is 44.8 Å². The fraction of sp³-hybridized carbons (Fsp3) is 0.0833. The predicted octanol–water partition coefficient (Wildman–Crippen LogP) is 7.13. The maximum Gasteiger partial charge on any atom is 0.417 e. The maximum atomic E-state index is 13.6. The summed E-state index contributed by atoms with van der Waals surface area (Å²) in [6.07, 6.45) is -10.3. The zero-order valence-corrected chi connectivity index (χ0v) is 18.5. The number of halogens is 7. The number of fused-ring (bicyclic) bond motifs is 1. The number of nitrogens with one attached hydrogen (secondary N) is 1. The van der Waals surface area contributed by atoms with Crippen LogP contribution in [0.25, 0.3) is 10.9 Å². The number of aromatic nitrogens is 1. The summed E-state index contributed by atoms with van der Waals surface area (Å²) in [6, 6.07) is 11.8. The minimum Gasteiger partial charge on any atom is -0.350 e. The van der Waals surface area contributed by atoms with Crippen LogP contribution >= 0.6 is 11.6 Å². The number of benzene rings is 3. The van der Waals surface area contributed by atoms with Gasteiger partial charge in [0.05, 0.1) is 16.7 Å². The van der Waals surface area contributed by atoms with Crippen molar-refractivity contribution in [1.29, 1.82) is 0 Å². The van der Waals surface area contributed by atoms with Gasteiger partial charge in [0, 0.05) is 21.5 Å². The van der Waals surface area contributed by atoms with Gasteiger partial charge in [-0.05, 0) is 36.4 Å². The number of anilines is 1. The molecule has 0 saturated heterocycles. The SMILES string of the molecule is O=C(c1ccccc1)c1[nH]c2cc(Cl)ccc2c1N(O)C(=O)c1cc(C(F)(F)F)ccc1C(F)(F)F. The predicted molar refractivity (Wildman–Crippen MR) is 118 cm³/mol. The molecule has 0 fully saturated rings. The van der Waals surface area contributed by atoms with Crippen molar-refractivity contribution < 1.29 is 41.1 Å². The van der Waals surface area contributed by atoms with Crippen molar-refractivity contribution in [3.8, 4) is 0 Å². The summed E-state index contributed by atoms with van der Waals surface area (Å²) in [5.41, 5.74) is -5.38. The van der Waals surface area contributed by atoms with Gasteiger partial charge in [-0.2, -0.15) is 31.4 Å². The van der Waals surface area contributed by atoms with Crippen molar-refractivity contribution >= 4 is 39.9 Å². The first-order valence-electron chi connectivity index (χ1n) is 10.0. The van der Waals surface area contributed by atoms with E-state index in [0.29, 0.717) is 0 Å². The second-order valence-corrected chi connectivity index (χ2v) is 8.04. The highest BCUT2D eigenvalue weighted by Gasteiger charge is 2.40. The molecule has 1 amide bonds. The molecule has 0 aliphatic rings. The standard InChI is InChI=1S/C24H13ClF6N2O3/c25-14-7-8-15-18(11-14)32-19(21(34)12-4-2-1-3-5-12)20(15)33(36)22(35)16-10-13(23(26,27)28)6-9-17(16)24(29,30)31/h1-11,32,36H. The van der Waals surface area contributed by atoms with Crippen LogP contribution in [0.2, 0.25) is 5.02 Å². The van der Waals surface area contributed by atoms with E-state index in [4.69, 9.17) is 11.6 Å². The number of H-pyrrole nitrogens is 1. The summed E-state index contributed by atoms with van der Waals surface area (Å²) < 4.78 is 80.3. The van der Waals surface area contributed by atoms with Crippen molar-refractivity contribution in [2.75, 3.05) is 5.06 Å². The van der Waals surface area contributed by atoms with Gasteiger partial charge in [-0.25, -0.2) is 0 Å². The second kappa shape index (κ2) is 8.99. The molecule has 0 unspecified atom stereocenters. The van der Waals surface area contributed by atoms with Crippen LogP contribution in [0.1, 0.15) is 37.5 Å². The van der Waals surface area contributed by atoms with Gasteiger partial charge < -0.3 is 4.98 Å². The molecular weight excluding hydrogens is 514 g/mol. The highest BCUT2D eigenvalue weighted by Crippen LogP contribution is 2.39. The lowest BCUT2D eigenvalue weighted by Crippen LogP contribution is -2.31. The first-order chi connectivity index (χ1) is 16.8. The minimum atomic E-state index is -5.22. The van der Waals surface area contributed by atoms with Gasteiger partial charge >= 0.3 is 12.4 Å². The van der Waals surface area contributed by atoms with Crippen molar-refractivity contribution in [2.24, 2.45) is 0 Å². The molecule has 3 aromatic carbocycles. The summed E-state index contributed by atoms with van der Waals surface area (Å²) in [5.74, 6) is -2.57. The van der Waals surface area contributed by atoms with Crippen LogP contribution in [-0.2, 0) is 12.4 Å². The van der Waals surface area contributed by atoms with E-state index in [2.05, 4.69) is 4.98 Å². The third-order valence-corrected chi connectivity index (χ3v) is 5.52. The van der Waals surface area contributed by atoms with Crippen LogP contribution in [0, 0.1) is 0 Å². The fourth-order valence-corrected chi connectivity index (χ4v) is 3.81. The lowest BCUT2D eigenvalue weighted by atomic mass is 10.0. The molecule has 4 aromatic rings. The highest BCUT2D eigenvalue weighted by molar-refractivity contribution is 6.31. The number of rotatable bonds is 4. The van der Waals surface area contributed by atoms with Crippen molar-refractivity contribution in [2.45, 2.75) is 12.4 Å². The average molecular weight is 527 g/mol. The average Bonchev–Trinajstić information content (AvgIpc) is 3.20. The molecule has 36 heavy (non-hydrogen) atoms. The highest BCUT2D eigenvalue weighted by atomic mass is 35.5. The van der Waals surface area contributed by atoms with Gasteiger partial charge in [-0.3, -0.25) is 14.8 Å². The lowest BCUT2D eigenvalue weighted by molar-refractivity contribution is -0.141. The van der Waals surface area contributed by atoms with Crippen LogP contribution in [0.15, 0.2) is 66.7 Å². The maximum absolute atomic E-state index is 13.6. The summed E-state index contributed by atoms with van der Waals surface area (Å²) in [5, 5.41) is 10.7. The zero-order chi connectivity index (χ0) is 26.4. The molecule has 186 valence electrons. The van der Waals surface area contributed by atoms with Gasteiger partial charge in [-0.15, -0.1) is 0 Å². The number of hydroxylamine groups is 1. The van der Waals surface area contributed by atoms with Crippen molar-refractivity contribution in [1.82, 2.24) is 4.98 Å². The van der Waals surface area contributed by atoms with E-state index in [1.807, 2.05) is 0 Å². The van der Waals surface area contributed by atoms with Crippen LogP contribution < -0.4 is 5.06 Å². The Morgan fingerprint density at radius 1 is 0.861 bits per heavy atom. The molecule has 0 saturated carbocycles. The number of alkyl halides is 6. The van der Waals surface area contributed by atoms with E-state index in [0.717, 1.165) is 0 Å². The molecule has 5 nitrogen and oxygen atoms in total. The zero-order valence-electron chi connectivity index (χ0n) is 17.7. The van der Waals surface area contributed by atoms with Gasteiger partial charge in [0.2, 0.25) is 5.78 Å². The molecule has 0 atom stereocenters. The van der Waals surface area contributed by atoms with Crippen molar-refractivity contribution in [3.05, 3.63) is 99.7 Å².